The summed E-state index contributed by atoms with van der Waals surface area (Å²) in [6, 6.07) is 8.74. The lowest BCUT2D eigenvalue weighted by Gasteiger charge is -2.13. The summed E-state index contributed by atoms with van der Waals surface area (Å²) in [5, 5.41) is 0. The molecule has 144 valence electrons. The van der Waals surface area contributed by atoms with Gasteiger partial charge in [0.05, 0.1) is 19.5 Å². The maximum absolute atomic E-state index is 6.04. The van der Waals surface area contributed by atoms with E-state index in [-0.39, 0.29) is 12.1 Å². The Hall–Kier alpha value is -2.71. The first-order valence-electron chi connectivity index (χ1n) is 8.82. The number of aromatic nitrogens is 4. The van der Waals surface area contributed by atoms with Gasteiger partial charge >= 0.3 is 6.01 Å². The van der Waals surface area contributed by atoms with Crippen LogP contribution in [0.15, 0.2) is 30.6 Å². The van der Waals surface area contributed by atoms with Crippen LogP contribution >= 0.6 is 0 Å². The van der Waals surface area contributed by atoms with E-state index in [1.54, 1.807) is 13.4 Å². The molecule has 0 aliphatic heterocycles. The summed E-state index contributed by atoms with van der Waals surface area (Å²) in [7, 11) is 5.74. The highest BCUT2D eigenvalue weighted by molar-refractivity contribution is 5.81. The second-order valence-corrected chi connectivity index (χ2v) is 6.87. The van der Waals surface area contributed by atoms with Gasteiger partial charge < -0.3 is 24.7 Å². The van der Waals surface area contributed by atoms with Gasteiger partial charge in [0.25, 0.3) is 0 Å². The average Bonchev–Trinajstić information content (AvgIpc) is 3.00. The lowest BCUT2D eigenvalue weighted by Crippen LogP contribution is -2.19. The summed E-state index contributed by atoms with van der Waals surface area (Å²) < 4.78 is 12.7. The lowest BCUT2D eigenvalue weighted by atomic mass is 10.1. The molecule has 0 radical (unpaired) electrons. The Labute approximate surface area is 158 Å². The SMILES string of the molecule is COCC(C)Oc1nc(N)c2ncn(Cc3ccc(CN(C)C)cc3)c2n1. The van der Waals surface area contributed by atoms with Crippen molar-refractivity contribution in [2.45, 2.75) is 26.1 Å². The summed E-state index contributed by atoms with van der Waals surface area (Å²) in [4.78, 5) is 15.2. The Kier molecular flexibility index (Phi) is 5.88. The van der Waals surface area contributed by atoms with Gasteiger partial charge in [-0.3, -0.25) is 0 Å². The van der Waals surface area contributed by atoms with Gasteiger partial charge in [0.15, 0.2) is 17.0 Å². The van der Waals surface area contributed by atoms with Crippen LogP contribution in [0.2, 0.25) is 0 Å². The number of nitrogens with two attached hydrogens (primary N) is 1. The van der Waals surface area contributed by atoms with Crippen LogP contribution in [-0.2, 0) is 17.8 Å². The van der Waals surface area contributed by atoms with Crippen molar-refractivity contribution >= 4 is 17.0 Å². The van der Waals surface area contributed by atoms with Crippen LogP contribution in [0.4, 0.5) is 5.82 Å². The van der Waals surface area contributed by atoms with Gasteiger partial charge in [-0.25, -0.2) is 4.98 Å². The van der Waals surface area contributed by atoms with Crippen molar-refractivity contribution in [3.8, 4) is 6.01 Å². The minimum absolute atomic E-state index is 0.174. The molecule has 1 atom stereocenters. The largest absolute Gasteiger partial charge is 0.458 e. The van der Waals surface area contributed by atoms with E-state index in [9.17, 15) is 0 Å². The van der Waals surface area contributed by atoms with Gasteiger partial charge in [-0.05, 0) is 32.1 Å². The standard InChI is InChI=1S/C19H26N6O2/c1-13(11-26-4)27-19-22-17(20)16-18(23-19)25(12-21-16)10-15-7-5-14(6-8-15)9-24(2)3/h5-8,12-13H,9-11H2,1-4H3,(H2,20,22,23). The highest BCUT2D eigenvalue weighted by Crippen LogP contribution is 2.21. The minimum Gasteiger partial charge on any atom is -0.458 e. The zero-order valence-electron chi connectivity index (χ0n) is 16.2. The van der Waals surface area contributed by atoms with Crippen molar-refractivity contribution in [2.75, 3.05) is 33.5 Å². The van der Waals surface area contributed by atoms with Crippen molar-refractivity contribution in [1.29, 1.82) is 0 Å². The number of hydrogen-bond acceptors (Lipinski definition) is 7. The van der Waals surface area contributed by atoms with Gasteiger partial charge in [0, 0.05) is 13.7 Å². The minimum atomic E-state index is -0.174. The first-order valence-corrected chi connectivity index (χ1v) is 8.82. The molecule has 1 aromatic carbocycles. The number of hydrogen-bond donors (Lipinski definition) is 1. The molecular formula is C19H26N6O2. The zero-order valence-corrected chi connectivity index (χ0v) is 16.2. The normalized spacial score (nSPS) is 12.6. The second-order valence-electron chi connectivity index (χ2n) is 6.87. The number of rotatable bonds is 8. The summed E-state index contributed by atoms with van der Waals surface area (Å²) >= 11 is 0. The van der Waals surface area contributed by atoms with Crippen molar-refractivity contribution in [1.82, 2.24) is 24.4 Å². The van der Waals surface area contributed by atoms with E-state index in [0.717, 1.165) is 12.1 Å². The third-order valence-electron chi connectivity index (χ3n) is 4.05. The first kappa shape index (κ1) is 19.1. The number of imidazole rings is 1. The quantitative estimate of drug-likeness (QED) is 0.648. The van der Waals surface area contributed by atoms with Gasteiger partial charge in [-0.15, -0.1) is 0 Å². The highest BCUT2D eigenvalue weighted by Gasteiger charge is 2.14. The van der Waals surface area contributed by atoms with Crippen molar-refractivity contribution in [2.24, 2.45) is 0 Å². The van der Waals surface area contributed by atoms with Gasteiger partial charge in [0.1, 0.15) is 6.10 Å². The molecule has 8 heteroatoms. The molecule has 0 spiro atoms. The van der Waals surface area contributed by atoms with Crippen molar-refractivity contribution < 1.29 is 9.47 Å². The maximum Gasteiger partial charge on any atom is 0.320 e. The number of nitrogens with zero attached hydrogens (tertiary/aromatic N) is 5. The maximum atomic E-state index is 6.04. The summed E-state index contributed by atoms with van der Waals surface area (Å²) in [6.45, 7) is 3.89. The Morgan fingerprint density at radius 2 is 1.85 bits per heavy atom. The summed E-state index contributed by atoms with van der Waals surface area (Å²) in [5.74, 6) is 0.305. The van der Waals surface area contributed by atoms with E-state index in [0.29, 0.717) is 30.1 Å². The molecule has 27 heavy (non-hydrogen) atoms. The van der Waals surface area contributed by atoms with E-state index in [2.05, 4.69) is 58.2 Å². The second kappa shape index (κ2) is 8.32. The van der Waals surface area contributed by atoms with E-state index in [1.165, 1.54) is 5.56 Å². The van der Waals surface area contributed by atoms with Crippen LogP contribution in [0, 0.1) is 0 Å². The molecule has 0 aliphatic carbocycles. The predicted octanol–water partition coefficient (Wildman–Crippen LogP) is 1.93. The number of nitrogen functional groups attached to an aromatic ring is 1. The van der Waals surface area contributed by atoms with Crippen LogP contribution < -0.4 is 10.5 Å². The van der Waals surface area contributed by atoms with Crippen LogP contribution in [-0.4, -0.2) is 58.3 Å². The number of fused-ring (bicyclic) bond motifs is 1. The van der Waals surface area contributed by atoms with Gasteiger partial charge in [-0.2, -0.15) is 9.97 Å². The lowest BCUT2D eigenvalue weighted by molar-refractivity contribution is 0.0859. The monoisotopic (exact) mass is 370 g/mol. The average molecular weight is 370 g/mol. The Morgan fingerprint density at radius 3 is 2.52 bits per heavy atom. The number of benzene rings is 1. The van der Waals surface area contributed by atoms with Crippen LogP contribution in [0.1, 0.15) is 18.1 Å². The molecule has 3 aromatic rings. The fourth-order valence-corrected chi connectivity index (χ4v) is 2.87. The third-order valence-corrected chi connectivity index (χ3v) is 4.05. The smallest absolute Gasteiger partial charge is 0.320 e. The van der Waals surface area contributed by atoms with Crippen LogP contribution in [0.5, 0.6) is 6.01 Å². The molecule has 0 fully saturated rings. The molecule has 0 saturated heterocycles. The molecule has 0 aliphatic rings. The molecular weight excluding hydrogens is 344 g/mol. The Morgan fingerprint density at radius 1 is 1.15 bits per heavy atom. The molecule has 0 bridgehead atoms. The third kappa shape index (κ3) is 4.72. The number of ether oxygens (including phenoxy) is 2. The Bertz CT molecular complexity index is 891. The molecule has 3 rings (SSSR count). The van der Waals surface area contributed by atoms with Gasteiger partial charge in [0.2, 0.25) is 0 Å². The van der Waals surface area contributed by atoms with E-state index in [4.69, 9.17) is 15.2 Å². The molecule has 1 unspecified atom stereocenters. The van der Waals surface area contributed by atoms with Crippen molar-refractivity contribution in [3.05, 3.63) is 41.7 Å². The van der Waals surface area contributed by atoms with Crippen LogP contribution in [0.3, 0.4) is 0 Å². The number of methoxy groups -OCH3 is 1. The first-order chi connectivity index (χ1) is 13.0. The fraction of sp³-hybridized carbons (Fsp3) is 0.421. The zero-order chi connectivity index (χ0) is 19.4. The molecule has 0 saturated carbocycles. The Balaban J connectivity index is 1.83. The van der Waals surface area contributed by atoms with Gasteiger partial charge in [-0.1, -0.05) is 24.3 Å². The molecule has 2 heterocycles. The predicted molar refractivity (Wildman–Crippen MR) is 105 cm³/mol. The molecule has 2 aromatic heterocycles. The summed E-state index contributed by atoms with van der Waals surface area (Å²) in [6.07, 6.45) is 1.55. The van der Waals surface area contributed by atoms with Crippen LogP contribution in [0.25, 0.3) is 11.2 Å². The molecule has 0 amide bonds. The van der Waals surface area contributed by atoms with E-state index in [1.807, 2.05) is 11.5 Å². The summed E-state index contributed by atoms with van der Waals surface area (Å²) in [5.41, 5.74) is 9.69. The van der Waals surface area contributed by atoms with E-state index >= 15 is 0 Å². The molecule has 8 nitrogen and oxygen atoms in total. The van der Waals surface area contributed by atoms with E-state index < -0.39 is 0 Å². The molecule has 2 N–H and O–H groups in total. The highest BCUT2D eigenvalue weighted by atomic mass is 16.5. The fourth-order valence-electron chi connectivity index (χ4n) is 2.87. The number of anilines is 1. The topological polar surface area (TPSA) is 91.3 Å². The van der Waals surface area contributed by atoms with Crippen molar-refractivity contribution in [3.63, 3.8) is 0 Å².